The van der Waals surface area contributed by atoms with Crippen LogP contribution in [0.25, 0.3) is 0 Å². The first-order chi connectivity index (χ1) is 10.7. The molecule has 0 saturated carbocycles. The van der Waals surface area contributed by atoms with E-state index in [1.807, 2.05) is 7.05 Å². The third kappa shape index (κ3) is 6.58. The van der Waals surface area contributed by atoms with E-state index in [9.17, 15) is 0 Å². The minimum Gasteiger partial charge on any atom is -0.356 e. The van der Waals surface area contributed by atoms with Crippen LogP contribution in [-0.2, 0) is 0 Å². The van der Waals surface area contributed by atoms with Crippen LogP contribution in [-0.4, -0.2) is 50.1 Å². The van der Waals surface area contributed by atoms with Crippen LogP contribution in [0.2, 0.25) is 0 Å². The van der Waals surface area contributed by atoms with Crippen molar-refractivity contribution in [3.8, 4) is 0 Å². The molecule has 2 N–H and O–H groups in total. The lowest BCUT2D eigenvalue weighted by Crippen LogP contribution is -2.49. The molecule has 0 aliphatic carbocycles. The topological polar surface area (TPSA) is 39.7 Å². The highest BCUT2D eigenvalue weighted by molar-refractivity contribution is 14.0. The van der Waals surface area contributed by atoms with E-state index in [0.29, 0.717) is 12.0 Å². The van der Waals surface area contributed by atoms with Gasteiger partial charge in [-0.25, -0.2) is 0 Å². The van der Waals surface area contributed by atoms with E-state index in [2.05, 4.69) is 51.2 Å². The van der Waals surface area contributed by atoms with Crippen LogP contribution in [0, 0.1) is 0 Å². The van der Waals surface area contributed by atoms with Gasteiger partial charge in [-0.05, 0) is 54.2 Å². The highest BCUT2D eigenvalue weighted by Crippen LogP contribution is 2.17. The second kappa shape index (κ2) is 11.3. The van der Waals surface area contributed by atoms with Gasteiger partial charge >= 0.3 is 0 Å². The predicted molar refractivity (Wildman–Crippen MR) is 112 cm³/mol. The summed E-state index contributed by atoms with van der Waals surface area (Å²) in [6.45, 7) is 8.80. The molecule has 0 amide bonds. The second-order valence-electron chi connectivity index (χ2n) is 6.07. The van der Waals surface area contributed by atoms with Gasteiger partial charge in [0.25, 0.3) is 0 Å². The first-order valence-corrected chi connectivity index (χ1v) is 9.39. The molecule has 4 nitrogen and oxygen atoms in total. The van der Waals surface area contributed by atoms with Crippen molar-refractivity contribution in [2.45, 2.75) is 45.1 Å². The van der Waals surface area contributed by atoms with Gasteiger partial charge in [-0.1, -0.05) is 20.3 Å². The lowest BCUT2D eigenvalue weighted by molar-refractivity contribution is 0.157. The number of hydrogen-bond donors (Lipinski definition) is 2. The summed E-state index contributed by atoms with van der Waals surface area (Å²) in [6.07, 6.45) is 3.99. The Hall–Kier alpha value is -0.340. The van der Waals surface area contributed by atoms with Gasteiger partial charge in [-0.15, -0.1) is 24.0 Å². The molecule has 6 heteroatoms. The Bertz CT molecular complexity index is 449. The molecule has 2 heterocycles. The molecule has 1 aromatic rings. The van der Waals surface area contributed by atoms with Gasteiger partial charge in [-0.2, -0.15) is 11.3 Å². The zero-order chi connectivity index (χ0) is 15.8. The first-order valence-electron chi connectivity index (χ1n) is 8.45. The van der Waals surface area contributed by atoms with E-state index >= 15 is 0 Å². The summed E-state index contributed by atoms with van der Waals surface area (Å²) >= 11 is 1.76. The van der Waals surface area contributed by atoms with Gasteiger partial charge in [-0.3, -0.25) is 9.89 Å². The van der Waals surface area contributed by atoms with Gasteiger partial charge in [0, 0.05) is 26.2 Å². The van der Waals surface area contributed by atoms with Crippen molar-refractivity contribution in [3.63, 3.8) is 0 Å². The van der Waals surface area contributed by atoms with Crippen LogP contribution in [0.1, 0.15) is 44.6 Å². The first kappa shape index (κ1) is 20.7. The summed E-state index contributed by atoms with van der Waals surface area (Å²) in [4.78, 5) is 6.94. The van der Waals surface area contributed by atoms with E-state index in [4.69, 9.17) is 0 Å². The van der Waals surface area contributed by atoms with Crippen molar-refractivity contribution in [1.29, 1.82) is 0 Å². The van der Waals surface area contributed by atoms with E-state index in [1.54, 1.807) is 11.3 Å². The van der Waals surface area contributed by atoms with Gasteiger partial charge in [0.15, 0.2) is 5.96 Å². The molecule has 0 radical (unpaired) electrons. The lowest BCUT2D eigenvalue weighted by atomic mass is 10.0. The normalized spacial score (nSPS) is 20.7. The molecule has 0 bridgehead atoms. The molecule has 1 aliphatic heterocycles. The fraction of sp³-hybridized carbons (Fsp3) is 0.706. The third-order valence-electron chi connectivity index (χ3n) is 4.57. The quantitative estimate of drug-likeness (QED) is 0.396. The Kier molecular flexibility index (Phi) is 10.1. The van der Waals surface area contributed by atoms with Crippen molar-refractivity contribution >= 4 is 41.3 Å². The van der Waals surface area contributed by atoms with Gasteiger partial charge in [0.1, 0.15) is 0 Å². The Labute approximate surface area is 162 Å². The SMILES string of the molecule is CCN1CCCCC1CNC(=NC)NCC(C)c1ccsc1.I. The maximum absolute atomic E-state index is 4.36. The largest absolute Gasteiger partial charge is 0.356 e. The smallest absolute Gasteiger partial charge is 0.191 e. The monoisotopic (exact) mass is 450 g/mol. The molecule has 0 aromatic carbocycles. The molecular formula is C17H31IN4S. The number of nitrogens with zero attached hydrogens (tertiary/aromatic N) is 2. The Morgan fingerprint density at radius 2 is 2.26 bits per heavy atom. The summed E-state index contributed by atoms with van der Waals surface area (Å²) < 4.78 is 0. The molecule has 2 atom stereocenters. The van der Waals surface area contributed by atoms with Crippen molar-refractivity contribution in [1.82, 2.24) is 15.5 Å². The Morgan fingerprint density at radius 1 is 1.43 bits per heavy atom. The summed E-state index contributed by atoms with van der Waals surface area (Å²) in [5.41, 5.74) is 1.40. The molecule has 2 unspecified atom stereocenters. The number of aliphatic imine (C=N–C) groups is 1. The van der Waals surface area contributed by atoms with Crippen molar-refractivity contribution in [2.75, 3.05) is 33.2 Å². The molecule has 1 fully saturated rings. The van der Waals surface area contributed by atoms with Crippen LogP contribution in [0.5, 0.6) is 0 Å². The van der Waals surface area contributed by atoms with Crippen LogP contribution < -0.4 is 10.6 Å². The number of halogens is 1. The highest BCUT2D eigenvalue weighted by Gasteiger charge is 2.20. The van der Waals surface area contributed by atoms with Crippen LogP contribution in [0.4, 0.5) is 0 Å². The summed E-state index contributed by atoms with van der Waals surface area (Å²) in [5.74, 6) is 1.43. The molecular weight excluding hydrogens is 419 g/mol. The van der Waals surface area contributed by atoms with Crippen LogP contribution in [0.15, 0.2) is 21.8 Å². The fourth-order valence-corrected chi connectivity index (χ4v) is 3.85. The minimum atomic E-state index is 0. The van der Waals surface area contributed by atoms with Gasteiger partial charge in [0.2, 0.25) is 0 Å². The van der Waals surface area contributed by atoms with E-state index < -0.39 is 0 Å². The molecule has 1 saturated heterocycles. The van der Waals surface area contributed by atoms with Crippen molar-refractivity contribution < 1.29 is 0 Å². The number of nitrogens with one attached hydrogen (secondary N) is 2. The molecule has 1 aromatic heterocycles. The predicted octanol–water partition coefficient (Wildman–Crippen LogP) is 3.51. The zero-order valence-corrected chi connectivity index (χ0v) is 17.7. The van der Waals surface area contributed by atoms with E-state index in [1.165, 1.54) is 31.4 Å². The maximum atomic E-state index is 4.36. The number of likely N-dealkylation sites (tertiary alicyclic amines) is 1. The van der Waals surface area contributed by atoms with Crippen LogP contribution in [0.3, 0.4) is 0 Å². The number of thiophene rings is 1. The molecule has 0 spiro atoms. The third-order valence-corrected chi connectivity index (χ3v) is 5.27. The van der Waals surface area contributed by atoms with Gasteiger partial charge in [0.05, 0.1) is 0 Å². The number of hydrogen-bond acceptors (Lipinski definition) is 3. The number of rotatable bonds is 6. The number of piperidine rings is 1. The Balaban J connectivity index is 0.00000264. The van der Waals surface area contributed by atoms with Crippen LogP contribution >= 0.6 is 35.3 Å². The summed E-state index contributed by atoms with van der Waals surface area (Å²) in [5, 5.41) is 11.3. The molecule has 132 valence electrons. The average Bonchev–Trinajstić information content (AvgIpc) is 3.09. The van der Waals surface area contributed by atoms with Gasteiger partial charge < -0.3 is 10.6 Å². The lowest BCUT2D eigenvalue weighted by Gasteiger charge is -2.35. The molecule has 2 rings (SSSR count). The summed E-state index contributed by atoms with van der Waals surface area (Å²) in [7, 11) is 1.85. The maximum Gasteiger partial charge on any atom is 0.191 e. The number of likely N-dealkylation sites (N-methyl/N-ethyl adjacent to an activating group) is 1. The highest BCUT2D eigenvalue weighted by atomic mass is 127. The summed E-state index contributed by atoms with van der Waals surface area (Å²) in [6, 6.07) is 2.85. The van der Waals surface area contributed by atoms with E-state index in [-0.39, 0.29) is 24.0 Å². The fourth-order valence-electron chi connectivity index (χ4n) is 3.07. The van der Waals surface area contributed by atoms with E-state index in [0.717, 1.165) is 25.6 Å². The zero-order valence-electron chi connectivity index (χ0n) is 14.5. The average molecular weight is 450 g/mol. The molecule has 1 aliphatic rings. The second-order valence-corrected chi connectivity index (χ2v) is 6.85. The Morgan fingerprint density at radius 3 is 2.91 bits per heavy atom. The van der Waals surface area contributed by atoms with Crippen molar-refractivity contribution in [2.24, 2.45) is 4.99 Å². The minimum absolute atomic E-state index is 0. The van der Waals surface area contributed by atoms with Crippen molar-refractivity contribution in [3.05, 3.63) is 22.4 Å². The molecule has 23 heavy (non-hydrogen) atoms. The standard InChI is InChI=1S/C17H30N4S.HI/c1-4-21-9-6-5-7-16(21)12-20-17(18-3)19-11-14(2)15-8-10-22-13-15;/h8,10,13-14,16H,4-7,9,11-12H2,1-3H3,(H2,18,19,20);1H. The number of guanidine groups is 1.